The molecule has 2 saturated carbocycles. The van der Waals surface area contributed by atoms with Gasteiger partial charge in [0.25, 0.3) is 0 Å². The third kappa shape index (κ3) is 3.48. The SMILES string of the molecule is C=C[C@@H](O)C1OC2(CCCCC2)OC1[C@@H](O)[C@H]1COC2(CCCCC2)O1. The number of hydrogen-bond donors (Lipinski definition) is 2. The van der Waals surface area contributed by atoms with E-state index < -0.39 is 42.1 Å². The van der Waals surface area contributed by atoms with Gasteiger partial charge in [-0.15, -0.1) is 6.58 Å². The van der Waals surface area contributed by atoms with Crippen LogP contribution in [0.1, 0.15) is 64.2 Å². The summed E-state index contributed by atoms with van der Waals surface area (Å²) in [4.78, 5) is 0. The maximum atomic E-state index is 11.0. The second-order valence-corrected chi connectivity index (χ2v) is 8.29. The van der Waals surface area contributed by atoms with Crippen LogP contribution < -0.4 is 0 Å². The molecule has 2 saturated heterocycles. The third-order valence-electron chi connectivity index (χ3n) is 6.43. The van der Waals surface area contributed by atoms with E-state index in [4.69, 9.17) is 18.9 Å². The molecule has 2 aliphatic carbocycles. The molecule has 2 unspecified atom stereocenters. The Morgan fingerprint density at radius 1 is 0.808 bits per heavy atom. The number of ether oxygens (including phenoxy) is 4. The van der Waals surface area contributed by atoms with Gasteiger partial charge in [0.15, 0.2) is 11.6 Å². The highest BCUT2D eigenvalue weighted by Gasteiger charge is 2.55. The highest BCUT2D eigenvalue weighted by atomic mass is 16.8. The average Bonchev–Trinajstić information content (AvgIpc) is 3.24. The van der Waals surface area contributed by atoms with Gasteiger partial charge in [-0.25, -0.2) is 0 Å². The predicted molar refractivity (Wildman–Crippen MR) is 94.4 cm³/mol. The summed E-state index contributed by atoms with van der Waals surface area (Å²) < 4.78 is 24.6. The van der Waals surface area contributed by atoms with Crippen molar-refractivity contribution in [2.45, 2.75) is 106 Å². The Labute approximate surface area is 155 Å². The van der Waals surface area contributed by atoms with Crippen LogP contribution in [0.2, 0.25) is 0 Å². The Morgan fingerprint density at radius 3 is 2.00 bits per heavy atom. The average molecular weight is 368 g/mol. The highest BCUT2D eigenvalue weighted by Crippen LogP contribution is 2.44. The standard InChI is InChI=1S/C20H32O6/c1-2-14(21)17-18(26-20(25-17)11-7-4-8-12-20)16(22)15-13-23-19(24-15)9-5-3-6-10-19/h2,14-18,21-22H,1,3-13H2/t14-,15-,16+,17?,18?/m1/s1. The fourth-order valence-electron chi connectivity index (χ4n) is 4.96. The van der Waals surface area contributed by atoms with Crippen LogP contribution in [0.5, 0.6) is 0 Å². The number of rotatable bonds is 4. The van der Waals surface area contributed by atoms with Gasteiger partial charge < -0.3 is 29.2 Å². The van der Waals surface area contributed by atoms with E-state index in [1.807, 2.05) is 0 Å². The van der Waals surface area contributed by atoms with Gasteiger partial charge in [-0.1, -0.05) is 18.9 Å². The lowest BCUT2D eigenvalue weighted by Gasteiger charge is -2.34. The van der Waals surface area contributed by atoms with E-state index in [1.54, 1.807) is 0 Å². The Morgan fingerprint density at radius 2 is 1.38 bits per heavy atom. The lowest BCUT2D eigenvalue weighted by molar-refractivity contribution is -0.217. The molecule has 0 aromatic carbocycles. The maximum Gasteiger partial charge on any atom is 0.169 e. The molecule has 26 heavy (non-hydrogen) atoms. The first-order valence-electron chi connectivity index (χ1n) is 10.2. The zero-order valence-electron chi connectivity index (χ0n) is 15.5. The van der Waals surface area contributed by atoms with Crippen LogP contribution in [0.3, 0.4) is 0 Å². The van der Waals surface area contributed by atoms with Crippen LogP contribution in [0, 0.1) is 0 Å². The van der Waals surface area contributed by atoms with Crippen molar-refractivity contribution in [1.82, 2.24) is 0 Å². The zero-order valence-corrected chi connectivity index (χ0v) is 15.5. The van der Waals surface area contributed by atoms with Crippen molar-refractivity contribution in [3.63, 3.8) is 0 Å². The van der Waals surface area contributed by atoms with E-state index in [-0.39, 0.29) is 0 Å². The van der Waals surface area contributed by atoms with Crippen molar-refractivity contribution in [3.05, 3.63) is 12.7 Å². The molecule has 2 aliphatic heterocycles. The van der Waals surface area contributed by atoms with Crippen molar-refractivity contribution in [2.75, 3.05) is 6.61 Å². The molecule has 2 spiro atoms. The van der Waals surface area contributed by atoms with E-state index in [9.17, 15) is 10.2 Å². The highest BCUT2D eigenvalue weighted by molar-refractivity contribution is 5.01. The topological polar surface area (TPSA) is 77.4 Å². The lowest BCUT2D eigenvalue weighted by Crippen LogP contribution is -2.48. The summed E-state index contributed by atoms with van der Waals surface area (Å²) in [5.74, 6) is -1.24. The first-order valence-corrected chi connectivity index (χ1v) is 10.2. The Kier molecular flexibility index (Phi) is 5.43. The molecule has 0 aromatic rings. The first-order chi connectivity index (χ1) is 12.6. The monoisotopic (exact) mass is 368 g/mol. The van der Waals surface area contributed by atoms with Gasteiger partial charge in [-0.3, -0.25) is 0 Å². The van der Waals surface area contributed by atoms with Gasteiger partial charge in [0.1, 0.15) is 30.5 Å². The molecule has 6 heteroatoms. The van der Waals surface area contributed by atoms with Crippen LogP contribution in [0.4, 0.5) is 0 Å². The van der Waals surface area contributed by atoms with Crippen LogP contribution in [-0.4, -0.2) is 58.9 Å². The van der Waals surface area contributed by atoms with E-state index in [0.29, 0.717) is 6.61 Å². The van der Waals surface area contributed by atoms with Crippen molar-refractivity contribution in [2.24, 2.45) is 0 Å². The van der Waals surface area contributed by atoms with Crippen LogP contribution >= 0.6 is 0 Å². The third-order valence-corrected chi connectivity index (χ3v) is 6.43. The smallest absolute Gasteiger partial charge is 0.169 e. The minimum Gasteiger partial charge on any atom is -0.387 e. The van der Waals surface area contributed by atoms with Gasteiger partial charge in [0, 0.05) is 25.7 Å². The van der Waals surface area contributed by atoms with E-state index in [1.165, 1.54) is 18.9 Å². The van der Waals surface area contributed by atoms with Gasteiger partial charge in [0.2, 0.25) is 0 Å². The van der Waals surface area contributed by atoms with E-state index in [2.05, 4.69) is 6.58 Å². The zero-order chi connectivity index (χ0) is 18.2. The summed E-state index contributed by atoms with van der Waals surface area (Å²) in [5.41, 5.74) is 0. The van der Waals surface area contributed by atoms with Gasteiger partial charge in [-0.05, 0) is 25.7 Å². The Balaban J connectivity index is 1.47. The Hall–Kier alpha value is -0.500. The molecule has 2 heterocycles. The molecule has 0 aromatic heterocycles. The van der Waals surface area contributed by atoms with Crippen molar-refractivity contribution in [1.29, 1.82) is 0 Å². The summed E-state index contributed by atoms with van der Waals surface area (Å²) in [6, 6.07) is 0. The molecule has 2 N–H and O–H groups in total. The normalized spacial score (nSPS) is 38.5. The maximum absolute atomic E-state index is 11.0. The van der Waals surface area contributed by atoms with Crippen LogP contribution in [0.25, 0.3) is 0 Å². The molecule has 4 fully saturated rings. The van der Waals surface area contributed by atoms with E-state index >= 15 is 0 Å². The minimum atomic E-state index is -0.905. The number of aliphatic hydroxyl groups excluding tert-OH is 2. The predicted octanol–water partition coefficient (Wildman–Crippen LogP) is 2.41. The summed E-state index contributed by atoms with van der Waals surface area (Å²) in [5, 5.41) is 21.4. The van der Waals surface area contributed by atoms with E-state index in [0.717, 1.165) is 51.4 Å². The molecule has 0 bridgehead atoms. The quantitative estimate of drug-likeness (QED) is 0.742. The molecule has 5 atom stereocenters. The molecule has 4 aliphatic rings. The summed E-state index contributed by atoms with van der Waals surface area (Å²) in [6.07, 6.45) is 7.88. The molecule has 4 rings (SSSR count). The first kappa shape index (κ1) is 18.8. The summed E-state index contributed by atoms with van der Waals surface area (Å²) >= 11 is 0. The van der Waals surface area contributed by atoms with Gasteiger partial charge in [0.05, 0.1) is 6.61 Å². The molecule has 148 valence electrons. The fourth-order valence-corrected chi connectivity index (χ4v) is 4.96. The molecule has 0 radical (unpaired) electrons. The lowest BCUT2D eigenvalue weighted by atomic mass is 9.94. The largest absolute Gasteiger partial charge is 0.387 e. The van der Waals surface area contributed by atoms with Crippen molar-refractivity contribution >= 4 is 0 Å². The minimum absolute atomic E-state index is 0.352. The Bertz CT molecular complexity index is 497. The molecular formula is C20H32O6. The molecule has 6 nitrogen and oxygen atoms in total. The van der Waals surface area contributed by atoms with Crippen LogP contribution in [0.15, 0.2) is 12.7 Å². The fraction of sp³-hybridized carbons (Fsp3) is 0.900. The van der Waals surface area contributed by atoms with Gasteiger partial charge in [-0.2, -0.15) is 0 Å². The van der Waals surface area contributed by atoms with Crippen molar-refractivity contribution in [3.8, 4) is 0 Å². The second kappa shape index (κ2) is 7.49. The molecule has 0 amide bonds. The van der Waals surface area contributed by atoms with Gasteiger partial charge >= 0.3 is 0 Å². The number of aliphatic hydroxyl groups is 2. The van der Waals surface area contributed by atoms with Crippen molar-refractivity contribution < 1.29 is 29.2 Å². The molecular weight excluding hydrogens is 336 g/mol. The number of hydrogen-bond acceptors (Lipinski definition) is 6. The second-order valence-electron chi connectivity index (χ2n) is 8.29. The summed E-state index contributed by atoms with van der Waals surface area (Å²) in [6.45, 7) is 4.03. The van der Waals surface area contributed by atoms with Crippen LogP contribution in [-0.2, 0) is 18.9 Å². The summed E-state index contributed by atoms with van der Waals surface area (Å²) in [7, 11) is 0.